The van der Waals surface area contributed by atoms with E-state index in [2.05, 4.69) is 0 Å². The molecule has 0 saturated carbocycles. The SMILES string of the molecule is CCOC(=O)[C@H]1CCN(C(=O)OC(C)(C)C)[C@H]1c1ccccc1. The fraction of sp³-hybridized carbons (Fsp3) is 0.556. The number of carbonyl (C=O) groups excluding carboxylic acids is 2. The number of hydrogen-bond acceptors (Lipinski definition) is 4. The van der Waals surface area contributed by atoms with Crippen molar-refractivity contribution < 1.29 is 19.1 Å². The minimum Gasteiger partial charge on any atom is -0.466 e. The summed E-state index contributed by atoms with van der Waals surface area (Å²) in [6.45, 7) is 8.11. The molecule has 0 N–H and O–H groups in total. The summed E-state index contributed by atoms with van der Waals surface area (Å²) in [5.41, 5.74) is 0.356. The van der Waals surface area contributed by atoms with Gasteiger partial charge >= 0.3 is 12.1 Å². The Morgan fingerprint density at radius 1 is 1.22 bits per heavy atom. The highest BCUT2D eigenvalue weighted by Crippen LogP contribution is 2.38. The number of amides is 1. The third-order valence-corrected chi connectivity index (χ3v) is 3.76. The quantitative estimate of drug-likeness (QED) is 0.800. The van der Waals surface area contributed by atoms with Crippen LogP contribution in [0.3, 0.4) is 0 Å². The number of benzene rings is 1. The Morgan fingerprint density at radius 3 is 2.43 bits per heavy atom. The van der Waals surface area contributed by atoms with Crippen molar-refractivity contribution in [3.63, 3.8) is 0 Å². The minimum absolute atomic E-state index is 0.257. The second-order valence-electron chi connectivity index (χ2n) is 6.68. The molecule has 1 heterocycles. The Balaban J connectivity index is 2.28. The van der Waals surface area contributed by atoms with Gasteiger partial charge < -0.3 is 14.4 Å². The molecule has 2 rings (SSSR count). The van der Waals surface area contributed by atoms with E-state index in [4.69, 9.17) is 9.47 Å². The van der Waals surface area contributed by atoms with E-state index in [0.29, 0.717) is 19.6 Å². The van der Waals surface area contributed by atoms with Crippen molar-refractivity contribution in [3.8, 4) is 0 Å². The Hall–Kier alpha value is -2.04. The van der Waals surface area contributed by atoms with Gasteiger partial charge in [-0.2, -0.15) is 0 Å². The molecule has 1 aliphatic heterocycles. The van der Waals surface area contributed by atoms with Crippen LogP contribution in [0, 0.1) is 5.92 Å². The van der Waals surface area contributed by atoms with E-state index >= 15 is 0 Å². The minimum atomic E-state index is -0.569. The maximum Gasteiger partial charge on any atom is 0.410 e. The van der Waals surface area contributed by atoms with Gasteiger partial charge in [-0.1, -0.05) is 30.3 Å². The van der Waals surface area contributed by atoms with E-state index in [1.54, 1.807) is 11.8 Å². The molecular weight excluding hydrogens is 294 g/mol. The molecule has 1 aliphatic rings. The first-order chi connectivity index (χ1) is 10.8. The van der Waals surface area contributed by atoms with Gasteiger partial charge in [0.25, 0.3) is 0 Å². The lowest BCUT2D eigenvalue weighted by Crippen LogP contribution is -2.38. The molecule has 0 aromatic heterocycles. The van der Waals surface area contributed by atoms with Gasteiger partial charge in [-0.05, 0) is 39.7 Å². The van der Waals surface area contributed by atoms with Crippen LogP contribution in [0.15, 0.2) is 30.3 Å². The highest BCUT2D eigenvalue weighted by molar-refractivity contribution is 5.77. The molecular formula is C18H25NO4. The predicted molar refractivity (Wildman–Crippen MR) is 86.9 cm³/mol. The standard InChI is InChI=1S/C18H25NO4/c1-5-22-16(20)14-11-12-19(17(21)23-18(2,3)4)15(14)13-9-7-6-8-10-13/h6-10,14-15H,5,11-12H2,1-4H3/t14-,15-/m0/s1. The fourth-order valence-electron chi connectivity index (χ4n) is 2.88. The highest BCUT2D eigenvalue weighted by Gasteiger charge is 2.44. The van der Waals surface area contributed by atoms with Gasteiger partial charge in [0.2, 0.25) is 0 Å². The highest BCUT2D eigenvalue weighted by atomic mass is 16.6. The molecule has 0 unspecified atom stereocenters. The number of hydrogen-bond donors (Lipinski definition) is 0. The maximum absolute atomic E-state index is 12.5. The van der Waals surface area contributed by atoms with Crippen molar-refractivity contribution in [1.82, 2.24) is 4.90 Å². The number of ether oxygens (including phenoxy) is 2. The number of likely N-dealkylation sites (tertiary alicyclic amines) is 1. The molecule has 1 amide bonds. The molecule has 126 valence electrons. The zero-order valence-corrected chi connectivity index (χ0v) is 14.2. The van der Waals surface area contributed by atoms with E-state index in [1.807, 2.05) is 51.1 Å². The van der Waals surface area contributed by atoms with Crippen molar-refractivity contribution in [2.24, 2.45) is 5.92 Å². The van der Waals surface area contributed by atoms with Gasteiger partial charge in [0.1, 0.15) is 5.60 Å². The van der Waals surface area contributed by atoms with Crippen molar-refractivity contribution >= 4 is 12.1 Å². The van der Waals surface area contributed by atoms with Gasteiger partial charge in [-0.15, -0.1) is 0 Å². The monoisotopic (exact) mass is 319 g/mol. The number of nitrogens with zero attached hydrogens (tertiary/aromatic N) is 1. The number of rotatable bonds is 3. The normalized spacial score (nSPS) is 21.1. The summed E-state index contributed by atoms with van der Waals surface area (Å²) in [6, 6.07) is 9.24. The number of esters is 1. The summed E-state index contributed by atoms with van der Waals surface area (Å²) in [5.74, 6) is -0.614. The first kappa shape index (κ1) is 17.3. The van der Waals surface area contributed by atoms with E-state index < -0.39 is 11.7 Å². The lowest BCUT2D eigenvalue weighted by molar-refractivity contribution is -0.148. The maximum atomic E-state index is 12.5. The Labute approximate surface area is 137 Å². The molecule has 5 heteroatoms. The summed E-state index contributed by atoms with van der Waals surface area (Å²) in [6.07, 6.45) is 0.190. The summed E-state index contributed by atoms with van der Waals surface area (Å²) < 4.78 is 10.7. The molecule has 1 fully saturated rings. The van der Waals surface area contributed by atoms with Crippen molar-refractivity contribution in [2.75, 3.05) is 13.2 Å². The zero-order chi connectivity index (χ0) is 17.0. The van der Waals surface area contributed by atoms with Crippen LogP contribution in [0.5, 0.6) is 0 Å². The third kappa shape index (κ3) is 4.24. The fourth-order valence-corrected chi connectivity index (χ4v) is 2.88. The van der Waals surface area contributed by atoms with Crippen molar-refractivity contribution in [1.29, 1.82) is 0 Å². The van der Waals surface area contributed by atoms with Gasteiger partial charge in [0.05, 0.1) is 18.6 Å². The Bertz CT molecular complexity index is 550. The lowest BCUT2D eigenvalue weighted by atomic mass is 9.94. The lowest BCUT2D eigenvalue weighted by Gasteiger charge is -2.30. The summed E-state index contributed by atoms with van der Waals surface area (Å²) in [5, 5.41) is 0. The van der Waals surface area contributed by atoms with Crippen LogP contribution in [0.2, 0.25) is 0 Å². The van der Waals surface area contributed by atoms with Crippen LogP contribution in [0.25, 0.3) is 0 Å². The molecule has 23 heavy (non-hydrogen) atoms. The van der Waals surface area contributed by atoms with E-state index in [0.717, 1.165) is 5.56 Å². The molecule has 0 aliphatic carbocycles. The predicted octanol–water partition coefficient (Wildman–Crippen LogP) is 3.55. The second-order valence-corrected chi connectivity index (χ2v) is 6.68. The third-order valence-electron chi connectivity index (χ3n) is 3.76. The first-order valence-electron chi connectivity index (χ1n) is 8.04. The van der Waals surface area contributed by atoms with Crippen LogP contribution < -0.4 is 0 Å². The molecule has 1 aromatic carbocycles. The van der Waals surface area contributed by atoms with Gasteiger partial charge in [-0.3, -0.25) is 4.79 Å². The topological polar surface area (TPSA) is 55.8 Å². The Kier molecular flexibility index (Phi) is 5.29. The van der Waals surface area contributed by atoms with Crippen LogP contribution in [0.4, 0.5) is 4.79 Å². The summed E-state index contributed by atoms with van der Waals surface area (Å²) in [7, 11) is 0. The second kappa shape index (κ2) is 7.02. The molecule has 0 radical (unpaired) electrons. The smallest absolute Gasteiger partial charge is 0.410 e. The molecule has 2 atom stereocenters. The molecule has 0 bridgehead atoms. The summed E-state index contributed by atoms with van der Waals surface area (Å²) in [4.78, 5) is 26.4. The van der Waals surface area contributed by atoms with Crippen LogP contribution in [-0.4, -0.2) is 35.7 Å². The van der Waals surface area contributed by atoms with Crippen LogP contribution in [0.1, 0.15) is 45.7 Å². The van der Waals surface area contributed by atoms with Crippen LogP contribution in [-0.2, 0) is 14.3 Å². The zero-order valence-electron chi connectivity index (χ0n) is 14.2. The van der Waals surface area contributed by atoms with E-state index in [9.17, 15) is 9.59 Å². The molecule has 1 saturated heterocycles. The van der Waals surface area contributed by atoms with Crippen molar-refractivity contribution in [2.45, 2.75) is 45.8 Å². The van der Waals surface area contributed by atoms with E-state index in [1.165, 1.54) is 0 Å². The average Bonchev–Trinajstić information content (AvgIpc) is 2.91. The van der Waals surface area contributed by atoms with Gasteiger partial charge in [0.15, 0.2) is 0 Å². The molecule has 0 spiro atoms. The van der Waals surface area contributed by atoms with Crippen molar-refractivity contribution in [3.05, 3.63) is 35.9 Å². The number of carbonyl (C=O) groups is 2. The van der Waals surface area contributed by atoms with Gasteiger partial charge in [0, 0.05) is 6.54 Å². The molecule has 5 nitrogen and oxygen atoms in total. The Morgan fingerprint density at radius 2 is 1.87 bits per heavy atom. The van der Waals surface area contributed by atoms with Gasteiger partial charge in [-0.25, -0.2) is 4.79 Å². The van der Waals surface area contributed by atoms with Crippen LogP contribution >= 0.6 is 0 Å². The van der Waals surface area contributed by atoms with E-state index in [-0.39, 0.29) is 17.9 Å². The molecule has 1 aromatic rings. The summed E-state index contributed by atoms with van der Waals surface area (Å²) >= 11 is 0. The first-order valence-corrected chi connectivity index (χ1v) is 8.04. The largest absolute Gasteiger partial charge is 0.466 e. The average molecular weight is 319 g/mol.